The topological polar surface area (TPSA) is 59.2 Å². The highest BCUT2D eigenvalue weighted by Gasteiger charge is 2.12. The van der Waals surface area contributed by atoms with Crippen LogP contribution in [0.2, 0.25) is 0 Å². The van der Waals surface area contributed by atoms with Crippen molar-refractivity contribution in [2.45, 2.75) is 26.8 Å². The highest BCUT2D eigenvalue weighted by atomic mass is 16.2. The van der Waals surface area contributed by atoms with Crippen LogP contribution in [0.4, 0.5) is 0 Å². The van der Waals surface area contributed by atoms with Crippen LogP contribution in [0.15, 0.2) is 24.5 Å². The molecule has 94 valence electrons. The van der Waals surface area contributed by atoms with Crippen molar-refractivity contribution in [3.63, 3.8) is 0 Å². The van der Waals surface area contributed by atoms with Gasteiger partial charge >= 0.3 is 0 Å². The Kier molecular flexibility index (Phi) is 5.63. The third kappa shape index (κ3) is 4.95. The van der Waals surface area contributed by atoms with Gasteiger partial charge in [-0.3, -0.25) is 9.78 Å². The van der Waals surface area contributed by atoms with Gasteiger partial charge in [-0.25, -0.2) is 0 Å². The van der Waals surface area contributed by atoms with Gasteiger partial charge < -0.3 is 10.6 Å². The number of rotatable bonds is 6. The molecule has 0 fully saturated rings. The summed E-state index contributed by atoms with van der Waals surface area (Å²) in [5, 5.41) is 0. The van der Waals surface area contributed by atoms with Crippen LogP contribution in [0.25, 0.3) is 0 Å². The first-order chi connectivity index (χ1) is 8.13. The minimum atomic E-state index is -0.00509. The number of hydrogen-bond acceptors (Lipinski definition) is 3. The largest absolute Gasteiger partial charge is 0.337 e. The van der Waals surface area contributed by atoms with Crippen molar-refractivity contribution in [1.29, 1.82) is 0 Å². The Labute approximate surface area is 103 Å². The van der Waals surface area contributed by atoms with Crippen molar-refractivity contribution in [2.75, 3.05) is 13.1 Å². The molecule has 1 heterocycles. The average Bonchev–Trinajstić information content (AvgIpc) is 2.34. The van der Waals surface area contributed by atoms with E-state index >= 15 is 0 Å². The van der Waals surface area contributed by atoms with E-state index in [9.17, 15) is 4.79 Å². The Morgan fingerprint density at radius 2 is 2.29 bits per heavy atom. The van der Waals surface area contributed by atoms with E-state index in [-0.39, 0.29) is 12.5 Å². The summed E-state index contributed by atoms with van der Waals surface area (Å²) in [6, 6.07) is 3.85. The van der Waals surface area contributed by atoms with Gasteiger partial charge in [0.1, 0.15) is 0 Å². The number of carbonyl (C=O) groups is 1. The predicted octanol–water partition coefficient (Wildman–Crippen LogP) is 1.41. The molecule has 0 aliphatic carbocycles. The first-order valence-electron chi connectivity index (χ1n) is 6.00. The van der Waals surface area contributed by atoms with Gasteiger partial charge in [0.15, 0.2) is 0 Å². The number of nitrogens with zero attached hydrogens (tertiary/aromatic N) is 2. The van der Waals surface area contributed by atoms with Crippen molar-refractivity contribution < 1.29 is 4.79 Å². The lowest BCUT2D eigenvalue weighted by atomic mass is 10.1. The zero-order valence-corrected chi connectivity index (χ0v) is 10.6. The second-order valence-corrected chi connectivity index (χ2v) is 4.56. The van der Waals surface area contributed by atoms with Crippen LogP contribution in [-0.4, -0.2) is 28.9 Å². The molecule has 4 heteroatoms. The summed E-state index contributed by atoms with van der Waals surface area (Å²) in [5.74, 6) is 0.575. The van der Waals surface area contributed by atoms with E-state index in [1.54, 1.807) is 17.3 Å². The van der Waals surface area contributed by atoms with Crippen molar-refractivity contribution in [3.05, 3.63) is 30.1 Å². The molecule has 1 aromatic rings. The van der Waals surface area contributed by atoms with Crippen molar-refractivity contribution in [1.82, 2.24) is 9.88 Å². The molecule has 1 amide bonds. The van der Waals surface area contributed by atoms with Crippen LogP contribution >= 0.6 is 0 Å². The van der Waals surface area contributed by atoms with E-state index in [2.05, 4.69) is 18.8 Å². The molecular formula is C13H21N3O. The molecule has 0 aliphatic heterocycles. The summed E-state index contributed by atoms with van der Waals surface area (Å²) < 4.78 is 0. The lowest BCUT2D eigenvalue weighted by Gasteiger charge is -2.23. The quantitative estimate of drug-likeness (QED) is 0.811. The summed E-state index contributed by atoms with van der Waals surface area (Å²) in [6.07, 6.45) is 4.50. The Morgan fingerprint density at radius 1 is 1.53 bits per heavy atom. The molecule has 0 unspecified atom stereocenters. The third-order valence-electron chi connectivity index (χ3n) is 2.60. The smallest absolute Gasteiger partial charge is 0.236 e. The fraction of sp³-hybridized carbons (Fsp3) is 0.538. The van der Waals surface area contributed by atoms with Gasteiger partial charge in [-0.05, 0) is 24.0 Å². The summed E-state index contributed by atoms with van der Waals surface area (Å²) in [5.41, 5.74) is 6.47. The predicted molar refractivity (Wildman–Crippen MR) is 68.2 cm³/mol. The number of carbonyl (C=O) groups excluding carboxylic acids is 1. The monoisotopic (exact) mass is 235 g/mol. The summed E-state index contributed by atoms with van der Waals surface area (Å²) in [4.78, 5) is 17.6. The summed E-state index contributed by atoms with van der Waals surface area (Å²) in [7, 11) is 0. The van der Waals surface area contributed by atoms with Gasteiger partial charge in [-0.15, -0.1) is 0 Å². The Morgan fingerprint density at radius 3 is 2.82 bits per heavy atom. The van der Waals surface area contributed by atoms with E-state index in [4.69, 9.17) is 5.73 Å². The molecule has 1 rings (SSSR count). The highest BCUT2D eigenvalue weighted by Crippen LogP contribution is 2.07. The van der Waals surface area contributed by atoms with Crippen LogP contribution in [0.1, 0.15) is 25.8 Å². The first kappa shape index (κ1) is 13.6. The van der Waals surface area contributed by atoms with Gasteiger partial charge in [0.05, 0.1) is 6.54 Å². The molecular weight excluding hydrogens is 214 g/mol. The van der Waals surface area contributed by atoms with Crippen molar-refractivity contribution in [2.24, 2.45) is 11.7 Å². The number of nitrogens with two attached hydrogens (primary N) is 1. The van der Waals surface area contributed by atoms with Crippen molar-refractivity contribution in [3.8, 4) is 0 Å². The normalized spacial score (nSPS) is 10.6. The Balaban J connectivity index is 2.60. The second-order valence-electron chi connectivity index (χ2n) is 4.56. The maximum Gasteiger partial charge on any atom is 0.236 e. The van der Waals surface area contributed by atoms with Crippen LogP contribution in [-0.2, 0) is 11.3 Å². The molecule has 0 radical (unpaired) electrons. The molecule has 1 aromatic heterocycles. The SMILES string of the molecule is CC(C)CCN(Cc1cccnc1)C(=O)CN. The Bertz CT molecular complexity index is 338. The molecule has 0 aromatic carbocycles. The van der Waals surface area contributed by atoms with Gasteiger partial charge in [-0.2, -0.15) is 0 Å². The summed E-state index contributed by atoms with van der Waals surface area (Å²) >= 11 is 0. The third-order valence-corrected chi connectivity index (χ3v) is 2.60. The van der Waals surface area contributed by atoms with E-state index in [1.165, 1.54) is 0 Å². The molecule has 2 N–H and O–H groups in total. The number of amides is 1. The minimum Gasteiger partial charge on any atom is -0.337 e. The molecule has 0 saturated heterocycles. The fourth-order valence-electron chi connectivity index (χ4n) is 1.55. The van der Waals surface area contributed by atoms with E-state index < -0.39 is 0 Å². The van der Waals surface area contributed by atoms with Crippen LogP contribution in [0.5, 0.6) is 0 Å². The van der Waals surface area contributed by atoms with Crippen LogP contribution in [0, 0.1) is 5.92 Å². The number of aromatic nitrogens is 1. The van der Waals surface area contributed by atoms with E-state index in [0.717, 1.165) is 18.5 Å². The molecule has 0 saturated carbocycles. The molecule has 0 spiro atoms. The van der Waals surface area contributed by atoms with Gasteiger partial charge in [0.2, 0.25) is 5.91 Å². The maximum atomic E-state index is 11.7. The molecule has 0 aliphatic rings. The lowest BCUT2D eigenvalue weighted by molar-refractivity contribution is -0.130. The number of pyridine rings is 1. The standard InChI is InChI=1S/C13H21N3O/c1-11(2)5-7-16(13(17)8-14)10-12-4-3-6-15-9-12/h3-4,6,9,11H,5,7-8,10,14H2,1-2H3. The Hall–Kier alpha value is -1.42. The van der Waals surface area contributed by atoms with Gasteiger partial charge in [0.25, 0.3) is 0 Å². The molecule has 4 nitrogen and oxygen atoms in total. The van der Waals surface area contributed by atoms with Gasteiger partial charge in [0, 0.05) is 25.5 Å². The molecule has 0 bridgehead atoms. The molecule has 17 heavy (non-hydrogen) atoms. The first-order valence-corrected chi connectivity index (χ1v) is 6.00. The zero-order chi connectivity index (χ0) is 12.7. The number of hydrogen-bond donors (Lipinski definition) is 1. The average molecular weight is 235 g/mol. The molecule has 0 atom stereocenters. The van der Waals surface area contributed by atoms with Crippen molar-refractivity contribution >= 4 is 5.91 Å². The highest BCUT2D eigenvalue weighted by molar-refractivity contribution is 5.77. The summed E-state index contributed by atoms with van der Waals surface area (Å²) in [6.45, 7) is 5.71. The zero-order valence-electron chi connectivity index (χ0n) is 10.6. The minimum absolute atomic E-state index is 0.00509. The second kappa shape index (κ2) is 7.01. The lowest BCUT2D eigenvalue weighted by Crippen LogP contribution is -2.36. The van der Waals surface area contributed by atoms with Crippen LogP contribution in [0.3, 0.4) is 0 Å². The fourth-order valence-corrected chi connectivity index (χ4v) is 1.55. The van der Waals surface area contributed by atoms with Crippen LogP contribution < -0.4 is 5.73 Å². The van der Waals surface area contributed by atoms with E-state index in [1.807, 2.05) is 12.1 Å². The van der Waals surface area contributed by atoms with Gasteiger partial charge in [-0.1, -0.05) is 19.9 Å². The maximum absolute atomic E-state index is 11.7. The van der Waals surface area contributed by atoms with E-state index in [0.29, 0.717) is 12.5 Å².